The zero-order valence-electron chi connectivity index (χ0n) is 23.0. The first-order valence-electron chi connectivity index (χ1n) is 13.3. The van der Waals surface area contributed by atoms with Crippen molar-refractivity contribution in [2.45, 2.75) is 57.8 Å². The third-order valence-electron chi connectivity index (χ3n) is 7.99. The topological polar surface area (TPSA) is 124 Å². The smallest absolute Gasteiger partial charge is 0.247 e. The number of aromatic nitrogens is 4. The fourth-order valence-corrected chi connectivity index (χ4v) is 6.62. The van der Waals surface area contributed by atoms with Gasteiger partial charge in [0.05, 0.1) is 24.1 Å². The molecule has 39 heavy (non-hydrogen) atoms. The highest BCUT2D eigenvalue weighted by atomic mass is 32.2. The summed E-state index contributed by atoms with van der Waals surface area (Å²) in [4.78, 5) is 13.1. The Labute approximate surface area is 228 Å². The molecule has 0 radical (unpaired) electrons. The van der Waals surface area contributed by atoms with E-state index in [0.717, 1.165) is 16.5 Å². The predicted octanol–water partition coefficient (Wildman–Crippen LogP) is 3.46. The molecule has 0 spiro atoms. The number of nitrogens with one attached hydrogen (secondary N) is 1. The van der Waals surface area contributed by atoms with Crippen LogP contribution in [0.15, 0.2) is 30.6 Å². The van der Waals surface area contributed by atoms with Crippen molar-refractivity contribution in [3.05, 3.63) is 36.2 Å². The van der Waals surface area contributed by atoms with Gasteiger partial charge in [-0.2, -0.15) is 10.1 Å². The number of fused-ring (bicyclic) bond motifs is 1. The fraction of sp³-hybridized carbons (Fsp3) is 0.556. The average Bonchev–Trinajstić information content (AvgIpc) is 2.86. The van der Waals surface area contributed by atoms with Gasteiger partial charge in [-0.05, 0) is 49.3 Å². The fourth-order valence-electron chi connectivity index (χ4n) is 5.46. The first-order valence-corrected chi connectivity index (χ1v) is 15.3. The average molecular weight is 558 g/mol. The summed E-state index contributed by atoms with van der Waals surface area (Å²) in [6.07, 6.45) is 3.48. The Balaban J connectivity index is 1.40. The summed E-state index contributed by atoms with van der Waals surface area (Å²) >= 11 is 0. The molecule has 2 saturated heterocycles. The van der Waals surface area contributed by atoms with Crippen molar-refractivity contribution in [1.82, 2.24) is 20.2 Å². The highest BCUT2D eigenvalue weighted by molar-refractivity contribution is 7.90. The van der Waals surface area contributed by atoms with E-state index >= 15 is 0 Å². The van der Waals surface area contributed by atoms with Gasteiger partial charge in [-0.15, -0.1) is 5.10 Å². The normalized spacial score (nSPS) is 25.7. The van der Waals surface area contributed by atoms with Crippen LogP contribution in [0.2, 0.25) is 0 Å². The van der Waals surface area contributed by atoms with Gasteiger partial charge in [0.25, 0.3) is 0 Å². The SMILES string of the molecule is CC(C)c1ccc(N2C[C@H](CS(C)(=O)=O)[C@H]2C)c2cnc(Nc3cnnc(N4CC[C@](C)(O)[C@H](F)C4)n3)cc12. The molecule has 3 aromatic rings. The Bertz CT molecular complexity index is 1480. The van der Waals surface area contributed by atoms with Crippen LogP contribution < -0.4 is 15.1 Å². The van der Waals surface area contributed by atoms with Gasteiger partial charge in [-0.1, -0.05) is 19.9 Å². The molecule has 4 heterocycles. The number of alkyl halides is 1. The lowest BCUT2D eigenvalue weighted by atomic mass is 9.88. The lowest BCUT2D eigenvalue weighted by molar-refractivity contribution is -0.0332. The molecule has 12 heteroatoms. The molecule has 1 aromatic carbocycles. The molecule has 2 N–H and O–H groups in total. The zero-order chi connectivity index (χ0) is 28.1. The van der Waals surface area contributed by atoms with Crippen LogP contribution in [0.1, 0.15) is 45.6 Å². The predicted molar refractivity (Wildman–Crippen MR) is 151 cm³/mol. The summed E-state index contributed by atoms with van der Waals surface area (Å²) in [5.74, 6) is 1.88. The summed E-state index contributed by atoms with van der Waals surface area (Å²) < 4.78 is 38.0. The summed E-state index contributed by atoms with van der Waals surface area (Å²) in [5, 5.41) is 23.5. The number of pyridine rings is 1. The molecule has 0 aliphatic carbocycles. The first kappa shape index (κ1) is 27.4. The van der Waals surface area contributed by atoms with Crippen molar-refractivity contribution in [2.24, 2.45) is 5.92 Å². The number of hydrogen-bond acceptors (Lipinski definition) is 10. The maximum absolute atomic E-state index is 14.4. The minimum Gasteiger partial charge on any atom is -0.387 e. The van der Waals surface area contributed by atoms with Gasteiger partial charge in [-0.25, -0.2) is 17.8 Å². The van der Waals surface area contributed by atoms with Crippen LogP contribution in [0.25, 0.3) is 10.8 Å². The van der Waals surface area contributed by atoms with Gasteiger partial charge >= 0.3 is 0 Å². The molecule has 2 aromatic heterocycles. The van der Waals surface area contributed by atoms with Gasteiger partial charge in [0.2, 0.25) is 5.95 Å². The highest BCUT2D eigenvalue weighted by Crippen LogP contribution is 2.39. The van der Waals surface area contributed by atoms with Gasteiger partial charge < -0.3 is 20.2 Å². The van der Waals surface area contributed by atoms with E-state index in [2.05, 4.69) is 63.3 Å². The van der Waals surface area contributed by atoms with Crippen LogP contribution >= 0.6 is 0 Å². The van der Waals surface area contributed by atoms with Gasteiger partial charge in [-0.3, -0.25) is 0 Å². The van der Waals surface area contributed by atoms with Crippen molar-refractivity contribution in [1.29, 1.82) is 0 Å². The summed E-state index contributed by atoms with van der Waals surface area (Å²) in [6, 6.07) is 6.34. The lowest BCUT2D eigenvalue weighted by Crippen LogP contribution is -2.57. The number of benzene rings is 1. The Hall–Kier alpha value is -3.12. The molecule has 2 fully saturated rings. The number of sulfone groups is 1. The van der Waals surface area contributed by atoms with Crippen molar-refractivity contribution in [3.63, 3.8) is 0 Å². The molecule has 5 rings (SSSR count). The van der Waals surface area contributed by atoms with E-state index in [0.29, 0.717) is 30.7 Å². The minimum absolute atomic E-state index is 0.00709. The monoisotopic (exact) mass is 557 g/mol. The zero-order valence-corrected chi connectivity index (χ0v) is 23.8. The molecule has 0 unspecified atom stereocenters. The van der Waals surface area contributed by atoms with Crippen molar-refractivity contribution in [3.8, 4) is 0 Å². The van der Waals surface area contributed by atoms with E-state index in [1.165, 1.54) is 24.9 Å². The molecule has 0 bridgehead atoms. The second-order valence-corrected chi connectivity index (χ2v) is 13.7. The van der Waals surface area contributed by atoms with Crippen LogP contribution in [0.5, 0.6) is 0 Å². The third kappa shape index (κ3) is 5.62. The van der Waals surface area contributed by atoms with Gasteiger partial charge in [0, 0.05) is 48.6 Å². The second kappa shape index (κ2) is 10.1. The maximum atomic E-state index is 14.4. The molecule has 2 aliphatic rings. The number of hydrogen-bond donors (Lipinski definition) is 2. The quantitative estimate of drug-likeness (QED) is 0.446. The molecule has 4 atom stereocenters. The van der Waals surface area contributed by atoms with Crippen molar-refractivity contribution in [2.75, 3.05) is 46.8 Å². The van der Waals surface area contributed by atoms with E-state index in [1.54, 1.807) is 4.90 Å². The Morgan fingerprint density at radius 3 is 2.64 bits per heavy atom. The largest absolute Gasteiger partial charge is 0.387 e. The number of rotatable bonds is 7. The molecular formula is C27H36FN7O3S. The Kier molecular flexibility index (Phi) is 7.13. The Morgan fingerprint density at radius 1 is 1.21 bits per heavy atom. The molecule has 0 amide bonds. The van der Waals surface area contributed by atoms with Crippen LogP contribution in [0, 0.1) is 5.92 Å². The summed E-state index contributed by atoms with van der Waals surface area (Å²) in [5.41, 5.74) is 0.860. The van der Waals surface area contributed by atoms with Crippen molar-refractivity contribution >= 4 is 43.9 Å². The number of halogens is 1. The first-order chi connectivity index (χ1) is 18.3. The highest BCUT2D eigenvalue weighted by Gasteiger charge is 2.39. The van der Waals surface area contributed by atoms with Gasteiger partial charge in [0.15, 0.2) is 5.82 Å². The van der Waals surface area contributed by atoms with E-state index in [9.17, 15) is 17.9 Å². The molecule has 0 saturated carbocycles. The summed E-state index contributed by atoms with van der Waals surface area (Å²) in [7, 11) is -3.03. The number of anilines is 4. The molecule has 210 valence electrons. The van der Waals surface area contributed by atoms with E-state index < -0.39 is 21.6 Å². The number of aliphatic hydroxyl groups is 1. The second-order valence-electron chi connectivity index (χ2n) is 11.5. The maximum Gasteiger partial charge on any atom is 0.247 e. The number of piperidine rings is 1. The lowest BCUT2D eigenvalue weighted by Gasteiger charge is -2.48. The minimum atomic E-state index is -3.03. The molecule has 2 aliphatic heterocycles. The van der Waals surface area contributed by atoms with E-state index in [4.69, 9.17) is 0 Å². The molecular weight excluding hydrogens is 521 g/mol. The van der Waals surface area contributed by atoms with Crippen LogP contribution in [0.4, 0.5) is 27.7 Å². The summed E-state index contributed by atoms with van der Waals surface area (Å²) in [6.45, 7) is 8.96. The van der Waals surface area contributed by atoms with Crippen LogP contribution in [0.3, 0.4) is 0 Å². The van der Waals surface area contributed by atoms with Gasteiger partial charge in [0.1, 0.15) is 21.8 Å². The van der Waals surface area contributed by atoms with Crippen molar-refractivity contribution < 1.29 is 17.9 Å². The standard InChI is InChI=1S/C27H36FN7O3S/c1-16(2)19-6-7-22(35-13-18(17(35)3)15-39(5,37)38)21-11-29-24(10-20(19)21)31-25-12-30-33-26(32-25)34-9-8-27(4,36)23(28)14-34/h6-7,10-12,16-18,23,36H,8-9,13-15H2,1-5H3,(H,29,31,32,33)/t17-,18-,23-,27+/m1/s1. The van der Waals surface area contributed by atoms with E-state index in [1.807, 2.05) is 12.3 Å². The van der Waals surface area contributed by atoms with E-state index in [-0.39, 0.29) is 36.6 Å². The molecule has 10 nitrogen and oxygen atoms in total. The van der Waals surface area contributed by atoms with Crippen LogP contribution in [-0.4, -0.2) is 83.1 Å². The number of nitrogens with zero attached hydrogens (tertiary/aromatic N) is 6. The third-order valence-corrected chi connectivity index (χ3v) is 9.03. The van der Waals surface area contributed by atoms with Crippen LogP contribution in [-0.2, 0) is 9.84 Å². The Morgan fingerprint density at radius 2 is 1.97 bits per heavy atom.